The molecule has 1 saturated carbocycles. The van der Waals surface area contributed by atoms with Crippen molar-refractivity contribution in [3.63, 3.8) is 0 Å². The first kappa shape index (κ1) is 16.4. The first-order chi connectivity index (χ1) is 10.3. The van der Waals surface area contributed by atoms with Crippen LogP contribution in [0.25, 0.3) is 0 Å². The van der Waals surface area contributed by atoms with Crippen LogP contribution in [0.1, 0.15) is 37.8 Å². The molecule has 0 unspecified atom stereocenters. The van der Waals surface area contributed by atoms with E-state index in [-0.39, 0.29) is 17.4 Å². The molecule has 1 N–H and O–H groups in total. The molecular weight excluding hydrogens is 292 g/mol. The summed E-state index contributed by atoms with van der Waals surface area (Å²) in [6.45, 7) is 1.62. The summed E-state index contributed by atoms with van der Waals surface area (Å²) in [4.78, 5) is 24.8. The van der Waals surface area contributed by atoms with Gasteiger partial charge >= 0.3 is 5.97 Å². The largest absolute Gasteiger partial charge is 0.481 e. The van der Waals surface area contributed by atoms with E-state index in [9.17, 15) is 18.4 Å². The van der Waals surface area contributed by atoms with E-state index in [1.165, 1.54) is 11.9 Å². The van der Waals surface area contributed by atoms with Gasteiger partial charge in [0.05, 0.1) is 12.0 Å². The number of aliphatic carboxylic acids is 1. The van der Waals surface area contributed by atoms with E-state index in [0.29, 0.717) is 19.3 Å². The van der Waals surface area contributed by atoms with Crippen LogP contribution in [0.2, 0.25) is 0 Å². The fourth-order valence-corrected chi connectivity index (χ4v) is 2.95. The van der Waals surface area contributed by atoms with E-state index in [2.05, 4.69) is 0 Å². The smallest absolute Gasteiger partial charge is 0.306 e. The van der Waals surface area contributed by atoms with Crippen LogP contribution in [-0.4, -0.2) is 28.9 Å². The number of amides is 1. The maximum atomic E-state index is 13.8. The van der Waals surface area contributed by atoms with Crippen molar-refractivity contribution in [1.82, 2.24) is 4.90 Å². The number of halogens is 2. The van der Waals surface area contributed by atoms with Gasteiger partial charge in [0.2, 0.25) is 5.91 Å². The average molecular weight is 311 g/mol. The third-order valence-electron chi connectivity index (χ3n) is 4.47. The van der Waals surface area contributed by atoms with E-state index in [1.54, 1.807) is 6.92 Å². The van der Waals surface area contributed by atoms with Gasteiger partial charge < -0.3 is 10.0 Å². The standard InChI is InChI=1S/C16H19F2NO3/c1-9(13-8-12(17)5-6-14(13)18)19(2)15(20)10-3-4-11(7-10)16(21)22/h5-6,8-11H,3-4,7H2,1-2H3,(H,21,22)/t9-,10-,11+/m1/s1. The monoisotopic (exact) mass is 311 g/mol. The third kappa shape index (κ3) is 3.26. The van der Waals surface area contributed by atoms with Crippen LogP contribution in [0.15, 0.2) is 18.2 Å². The lowest BCUT2D eigenvalue weighted by atomic mass is 10.0. The fourth-order valence-electron chi connectivity index (χ4n) is 2.95. The molecule has 0 heterocycles. The normalized spacial score (nSPS) is 22.4. The second-order valence-corrected chi connectivity index (χ2v) is 5.84. The molecule has 120 valence electrons. The second kappa shape index (κ2) is 6.42. The summed E-state index contributed by atoms with van der Waals surface area (Å²) in [5.41, 5.74) is 0.114. The van der Waals surface area contributed by atoms with Crippen molar-refractivity contribution in [3.8, 4) is 0 Å². The van der Waals surface area contributed by atoms with Gasteiger partial charge in [0.1, 0.15) is 11.6 Å². The van der Waals surface area contributed by atoms with E-state index in [0.717, 1.165) is 18.2 Å². The Morgan fingerprint density at radius 1 is 1.27 bits per heavy atom. The third-order valence-corrected chi connectivity index (χ3v) is 4.47. The minimum atomic E-state index is -0.887. The van der Waals surface area contributed by atoms with Gasteiger partial charge in [0, 0.05) is 18.5 Å². The van der Waals surface area contributed by atoms with Crippen LogP contribution in [0.5, 0.6) is 0 Å². The number of carboxylic acids is 1. The predicted molar refractivity (Wildman–Crippen MR) is 76.0 cm³/mol. The number of nitrogens with zero attached hydrogens (tertiary/aromatic N) is 1. The molecule has 0 aromatic heterocycles. The van der Waals surface area contributed by atoms with Gasteiger partial charge in [-0.25, -0.2) is 8.78 Å². The molecule has 0 aliphatic heterocycles. The topological polar surface area (TPSA) is 57.6 Å². The second-order valence-electron chi connectivity index (χ2n) is 5.84. The Morgan fingerprint density at radius 2 is 1.91 bits per heavy atom. The van der Waals surface area contributed by atoms with E-state index in [1.807, 2.05) is 0 Å². The summed E-state index contributed by atoms with van der Waals surface area (Å²) in [6, 6.07) is 2.53. The number of rotatable bonds is 4. The molecule has 1 aromatic rings. The number of benzene rings is 1. The number of carboxylic acid groups (broad SMARTS) is 1. The van der Waals surface area contributed by atoms with Crippen molar-refractivity contribution < 1.29 is 23.5 Å². The maximum absolute atomic E-state index is 13.8. The molecule has 1 fully saturated rings. The van der Waals surface area contributed by atoms with E-state index in [4.69, 9.17) is 5.11 Å². The Bertz CT molecular complexity index is 591. The SMILES string of the molecule is C[C@H](c1cc(F)ccc1F)N(C)C(=O)[C@@H]1CC[C@H](C(=O)O)C1. The minimum absolute atomic E-state index is 0.114. The zero-order valence-electron chi connectivity index (χ0n) is 12.6. The van der Waals surface area contributed by atoms with Crippen LogP contribution in [-0.2, 0) is 9.59 Å². The Morgan fingerprint density at radius 3 is 2.50 bits per heavy atom. The molecule has 2 rings (SSSR count). The molecule has 1 amide bonds. The lowest BCUT2D eigenvalue weighted by molar-refractivity contribution is -0.141. The lowest BCUT2D eigenvalue weighted by Gasteiger charge is -2.28. The molecule has 0 bridgehead atoms. The first-order valence-corrected chi connectivity index (χ1v) is 7.25. The molecule has 1 aliphatic rings. The van der Waals surface area contributed by atoms with Crippen molar-refractivity contribution in [3.05, 3.63) is 35.4 Å². The summed E-state index contributed by atoms with van der Waals surface area (Å²) in [7, 11) is 1.53. The molecule has 0 spiro atoms. The Hall–Kier alpha value is -1.98. The van der Waals surface area contributed by atoms with E-state index < -0.39 is 29.6 Å². The van der Waals surface area contributed by atoms with Crippen molar-refractivity contribution in [2.45, 2.75) is 32.2 Å². The predicted octanol–water partition coefficient (Wildman–Crippen LogP) is 2.99. The van der Waals surface area contributed by atoms with Gasteiger partial charge in [-0.3, -0.25) is 9.59 Å². The lowest BCUT2D eigenvalue weighted by Crippen LogP contribution is -2.34. The highest BCUT2D eigenvalue weighted by atomic mass is 19.1. The summed E-state index contributed by atoms with van der Waals surface area (Å²) >= 11 is 0. The van der Waals surface area contributed by atoms with Crippen LogP contribution >= 0.6 is 0 Å². The summed E-state index contributed by atoms with van der Waals surface area (Å²) in [5.74, 6) is -3.10. The van der Waals surface area contributed by atoms with Gasteiger partial charge in [-0.1, -0.05) is 0 Å². The fraction of sp³-hybridized carbons (Fsp3) is 0.500. The zero-order chi connectivity index (χ0) is 16.4. The van der Waals surface area contributed by atoms with Gasteiger partial charge in [0.15, 0.2) is 0 Å². The number of hydrogen-bond acceptors (Lipinski definition) is 2. The van der Waals surface area contributed by atoms with Crippen LogP contribution in [0, 0.1) is 23.5 Å². The molecule has 3 atom stereocenters. The molecule has 22 heavy (non-hydrogen) atoms. The number of carbonyl (C=O) groups excluding carboxylic acids is 1. The zero-order valence-corrected chi connectivity index (χ0v) is 12.6. The first-order valence-electron chi connectivity index (χ1n) is 7.25. The van der Waals surface area contributed by atoms with Crippen molar-refractivity contribution in [2.75, 3.05) is 7.05 Å². The molecule has 6 heteroatoms. The molecule has 1 aromatic carbocycles. The van der Waals surface area contributed by atoms with Gasteiger partial charge in [-0.05, 0) is 44.4 Å². The van der Waals surface area contributed by atoms with Gasteiger partial charge in [-0.15, -0.1) is 0 Å². The van der Waals surface area contributed by atoms with E-state index >= 15 is 0 Å². The molecule has 1 aliphatic carbocycles. The average Bonchev–Trinajstić information content (AvgIpc) is 2.97. The van der Waals surface area contributed by atoms with Gasteiger partial charge in [-0.2, -0.15) is 0 Å². The summed E-state index contributed by atoms with van der Waals surface area (Å²) < 4.78 is 27.1. The quantitative estimate of drug-likeness (QED) is 0.930. The van der Waals surface area contributed by atoms with Crippen LogP contribution in [0.3, 0.4) is 0 Å². The van der Waals surface area contributed by atoms with Crippen LogP contribution in [0.4, 0.5) is 8.78 Å². The summed E-state index contributed by atoms with van der Waals surface area (Å²) in [5, 5.41) is 8.99. The van der Waals surface area contributed by atoms with Crippen LogP contribution < -0.4 is 0 Å². The van der Waals surface area contributed by atoms with Crippen molar-refractivity contribution in [1.29, 1.82) is 0 Å². The van der Waals surface area contributed by atoms with Crippen molar-refractivity contribution in [2.24, 2.45) is 11.8 Å². The Labute approximate surface area is 127 Å². The maximum Gasteiger partial charge on any atom is 0.306 e. The van der Waals surface area contributed by atoms with Gasteiger partial charge in [0.25, 0.3) is 0 Å². The Kier molecular flexibility index (Phi) is 4.78. The highest BCUT2D eigenvalue weighted by Gasteiger charge is 2.36. The molecular formula is C16H19F2NO3. The molecule has 0 radical (unpaired) electrons. The molecule has 0 saturated heterocycles. The highest BCUT2D eigenvalue weighted by Crippen LogP contribution is 2.34. The summed E-state index contributed by atoms with van der Waals surface area (Å²) in [6.07, 6.45) is 1.29. The number of carbonyl (C=O) groups is 2. The van der Waals surface area contributed by atoms with Crippen molar-refractivity contribution >= 4 is 11.9 Å². The minimum Gasteiger partial charge on any atom is -0.481 e. The highest BCUT2D eigenvalue weighted by molar-refractivity contribution is 5.81. The Balaban J connectivity index is 2.10. The number of hydrogen-bond donors (Lipinski definition) is 1. The molecule has 4 nitrogen and oxygen atoms in total.